The molecule has 3 nitrogen and oxygen atoms in total. The monoisotopic (exact) mass is 193 g/mol. The summed E-state index contributed by atoms with van der Waals surface area (Å²) in [5, 5.41) is 4.47. The van der Waals surface area contributed by atoms with Crippen LogP contribution in [0.1, 0.15) is 23.9 Å². The average molecular weight is 193 g/mol. The molecule has 0 aromatic carbocycles. The van der Waals surface area contributed by atoms with Crippen LogP contribution in [0.5, 0.6) is 0 Å². The van der Waals surface area contributed by atoms with Crippen molar-refractivity contribution < 1.29 is 0 Å². The summed E-state index contributed by atoms with van der Waals surface area (Å²) in [7, 11) is 0. The van der Waals surface area contributed by atoms with Crippen LogP contribution < -0.4 is 5.73 Å². The van der Waals surface area contributed by atoms with Gasteiger partial charge in [0, 0.05) is 5.69 Å². The molecule has 0 aliphatic carbocycles. The third kappa shape index (κ3) is 2.23. The number of allylic oxidation sites excluding steroid dienone is 1. The highest BCUT2D eigenvalue weighted by atomic mass is 15.3. The first-order chi connectivity index (χ1) is 6.56. The molecular formula is C11H19N3. The van der Waals surface area contributed by atoms with Crippen molar-refractivity contribution in [1.82, 2.24) is 9.78 Å². The molecule has 0 bridgehead atoms. The fourth-order valence-electron chi connectivity index (χ4n) is 1.65. The second-order valence-corrected chi connectivity index (χ2v) is 3.80. The van der Waals surface area contributed by atoms with E-state index in [2.05, 4.69) is 18.6 Å². The van der Waals surface area contributed by atoms with Crippen LogP contribution in [0.15, 0.2) is 12.2 Å². The van der Waals surface area contributed by atoms with Crippen LogP contribution in [0.3, 0.4) is 0 Å². The molecule has 14 heavy (non-hydrogen) atoms. The summed E-state index contributed by atoms with van der Waals surface area (Å²) in [4.78, 5) is 0. The van der Waals surface area contributed by atoms with Gasteiger partial charge in [-0.1, -0.05) is 12.2 Å². The van der Waals surface area contributed by atoms with E-state index in [0.717, 1.165) is 24.2 Å². The van der Waals surface area contributed by atoms with Crippen molar-refractivity contribution in [3.63, 3.8) is 0 Å². The minimum atomic E-state index is 0.681. The standard InChI is InChI=1S/C11H19N3/c1-8(2)7-14-10(4)11(5-6-12)9(3)13-14/h1,5-7,12H2,2-4H3. The number of nitrogens with zero attached hydrogens (tertiary/aromatic N) is 2. The summed E-state index contributed by atoms with van der Waals surface area (Å²) in [6, 6.07) is 0. The third-order valence-corrected chi connectivity index (χ3v) is 2.35. The fourth-order valence-corrected chi connectivity index (χ4v) is 1.65. The molecule has 2 N–H and O–H groups in total. The summed E-state index contributed by atoms with van der Waals surface area (Å²) in [6.07, 6.45) is 0.911. The Kier molecular flexibility index (Phi) is 3.47. The number of hydrogen-bond acceptors (Lipinski definition) is 2. The summed E-state index contributed by atoms with van der Waals surface area (Å²) in [6.45, 7) is 11.5. The molecule has 0 atom stereocenters. The van der Waals surface area contributed by atoms with Gasteiger partial charge in [0.1, 0.15) is 0 Å². The molecule has 1 rings (SSSR count). The van der Waals surface area contributed by atoms with E-state index >= 15 is 0 Å². The highest BCUT2D eigenvalue weighted by Gasteiger charge is 2.09. The summed E-state index contributed by atoms with van der Waals surface area (Å²) in [5.41, 5.74) is 10.3. The van der Waals surface area contributed by atoms with E-state index in [1.807, 2.05) is 18.5 Å². The molecule has 1 heterocycles. The van der Waals surface area contributed by atoms with Gasteiger partial charge in [-0.2, -0.15) is 5.10 Å². The first-order valence-electron chi connectivity index (χ1n) is 4.93. The van der Waals surface area contributed by atoms with E-state index in [9.17, 15) is 0 Å². The van der Waals surface area contributed by atoms with Gasteiger partial charge in [-0.05, 0) is 39.3 Å². The molecule has 0 amide bonds. The Labute approximate surface area is 85.6 Å². The molecule has 0 spiro atoms. The molecule has 0 saturated carbocycles. The number of nitrogens with two attached hydrogens (primary N) is 1. The van der Waals surface area contributed by atoms with Crippen LogP contribution in [-0.2, 0) is 13.0 Å². The molecule has 1 aromatic rings. The molecule has 0 saturated heterocycles. The van der Waals surface area contributed by atoms with Crippen molar-refractivity contribution in [2.24, 2.45) is 5.73 Å². The zero-order chi connectivity index (χ0) is 10.7. The van der Waals surface area contributed by atoms with Crippen molar-refractivity contribution in [1.29, 1.82) is 0 Å². The van der Waals surface area contributed by atoms with Crippen LogP contribution in [-0.4, -0.2) is 16.3 Å². The second-order valence-electron chi connectivity index (χ2n) is 3.80. The molecule has 0 fully saturated rings. The summed E-state index contributed by atoms with van der Waals surface area (Å²) >= 11 is 0. The molecule has 3 heteroatoms. The molecule has 0 radical (unpaired) electrons. The van der Waals surface area contributed by atoms with Gasteiger partial charge in [-0.25, -0.2) is 0 Å². The lowest BCUT2D eigenvalue weighted by atomic mass is 10.1. The summed E-state index contributed by atoms with van der Waals surface area (Å²) < 4.78 is 2.00. The van der Waals surface area contributed by atoms with Crippen LogP contribution in [0.4, 0.5) is 0 Å². The predicted molar refractivity (Wildman–Crippen MR) is 59.3 cm³/mol. The minimum Gasteiger partial charge on any atom is -0.330 e. The maximum absolute atomic E-state index is 5.55. The molecule has 1 aromatic heterocycles. The van der Waals surface area contributed by atoms with Crippen molar-refractivity contribution in [3.8, 4) is 0 Å². The van der Waals surface area contributed by atoms with Gasteiger partial charge < -0.3 is 5.73 Å². The first kappa shape index (κ1) is 11.0. The van der Waals surface area contributed by atoms with E-state index in [0.29, 0.717) is 6.54 Å². The van der Waals surface area contributed by atoms with E-state index in [1.165, 1.54) is 11.3 Å². The van der Waals surface area contributed by atoms with Crippen LogP contribution in [0.2, 0.25) is 0 Å². The van der Waals surface area contributed by atoms with Crippen LogP contribution >= 0.6 is 0 Å². The van der Waals surface area contributed by atoms with Gasteiger partial charge in [0.15, 0.2) is 0 Å². The molecule has 78 valence electrons. The molecule has 0 aliphatic heterocycles. The van der Waals surface area contributed by atoms with E-state index in [-0.39, 0.29) is 0 Å². The number of hydrogen-bond donors (Lipinski definition) is 1. The smallest absolute Gasteiger partial charge is 0.0629 e. The van der Waals surface area contributed by atoms with Crippen molar-refractivity contribution in [2.75, 3.05) is 6.54 Å². The Balaban J connectivity index is 2.97. The van der Waals surface area contributed by atoms with E-state index < -0.39 is 0 Å². The largest absolute Gasteiger partial charge is 0.330 e. The topological polar surface area (TPSA) is 43.8 Å². The van der Waals surface area contributed by atoms with Crippen LogP contribution in [0, 0.1) is 13.8 Å². The second kappa shape index (κ2) is 4.42. The Morgan fingerprint density at radius 1 is 1.50 bits per heavy atom. The maximum Gasteiger partial charge on any atom is 0.0629 e. The lowest BCUT2D eigenvalue weighted by Gasteiger charge is -2.04. The normalized spacial score (nSPS) is 10.6. The van der Waals surface area contributed by atoms with Crippen LogP contribution in [0.25, 0.3) is 0 Å². The highest BCUT2D eigenvalue weighted by Crippen LogP contribution is 2.14. The minimum absolute atomic E-state index is 0.681. The highest BCUT2D eigenvalue weighted by molar-refractivity contribution is 5.25. The SMILES string of the molecule is C=C(C)Cn1nc(C)c(CCN)c1C. The molecule has 0 unspecified atom stereocenters. The fraction of sp³-hybridized carbons (Fsp3) is 0.545. The van der Waals surface area contributed by atoms with Gasteiger partial charge in [-0.3, -0.25) is 4.68 Å². The number of aryl methyl sites for hydroxylation is 1. The Bertz CT molecular complexity index is 337. The Morgan fingerprint density at radius 2 is 2.14 bits per heavy atom. The maximum atomic E-state index is 5.55. The zero-order valence-electron chi connectivity index (χ0n) is 9.30. The molecular weight excluding hydrogens is 174 g/mol. The quantitative estimate of drug-likeness (QED) is 0.738. The van der Waals surface area contributed by atoms with Gasteiger partial charge >= 0.3 is 0 Å². The summed E-state index contributed by atoms with van der Waals surface area (Å²) in [5.74, 6) is 0. The van der Waals surface area contributed by atoms with Crippen molar-refractivity contribution in [3.05, 3.63) is 29.1 Å². The van der Waals surface area contributed by atoms with Gasteiger partial charge in [0.25, 0.3) is 0 Å². The van der Waals surface area contributed by atoms with Gasteiger partial charge in [0.2, 0.25) is 0 Å². The lowest BCUT2D eigenvalue weighted by molar-refractivity contribution is 0.651. The zero-order valence-corrected chi connectivity index (χ0v) is 9.30. The van der Waals surface area contributed by atoms with Gasteiger partial charge in [0.05, 0.1) is 12.2 Å². The average Bonchev–Trinajstić information content (AvgIpc) is 2.32. The van der Waals surface area contributed by atoms with Crippen molar-refractivity contribution in [2.45, 2.75) is 33.7 Å². The Morgan fingerprint density at radius 3 is 2.64 bits per heavy atom. The van der Waals surface area contributed by atoms with E-state index in [1.54, 1.807) is 0 Å². The third-order valence-electron chi connectivity index (χ3n) is 2.35. The number of rotatable bonds is 4. The Hall–Kier alpha value is -1.09. The molecule has 0 aliphatic rings. The first-order valence-corrected chi connectivity index (χ1v) is 4.93. The number of aromatic nitrogens is 2. The van der Waals surface area contributed by atoms with Gasteiger partial charge in [-0.15, -0.1) is 0 Å². The predicted octanol–water partition coefficient (Wildman–Crippen LogP) is 1.58. The van der Waals surface area contributed by atoms with E-state index in [4.69, 9.17) is 5.73 Å². The van der Waals surface area contributed by atoms with Crippen molar-refractivity contribution >= 4 is 0 Å². The lowest BCUT2D eigenvalue weighted by Crippen LogP contribution is -2.06.